The quantitative estimate of drug-likeness (QED) is 0.795. The Morgan fingerprint density at radius 1 is 1.14 bits per heavy atom. The lowest BCUT2D eigenvalue weighted by Crippen LogP contribution is -2.39. The third-order valence-electron chi connectivity index (χ3n) is 4.33. The van der Waals surface area contributed by atoms with E-state index in [1.54, 1.807) is 6.26 Å². The van der Waals surface area contributed by atoms with Crippen LogP contribution in [-0.4, -0.2) is 24.1 Å². The Bertz CT molecular complexity index is 745. The predicted octanol–water partition coefficient (Wildman–Crippen LogP) is 3.91. The van der Waals surface area contributed by atoms with Gasteiger partial charge in [-0.25, -0.2) is 0 Å². The summed E-state index contributed by atoms with van der Waals surface area (Å²) in [6.07, 6.45) is 7.78. The number of benzene rings is 1. The van der Waals surface area contributed by atoms with Crippen molar-refractivity contribution in [2.24, 2.45) is 0 Å². The zero-order valence-electron chi connectivity index (χ0n) is 12.4. The average Bonchev–Trinajstić information content (AvgIpc) is 3.04. The first-order valence-corrected chi connectivity index (χ1v) is 7.77. The normalized spacial score (nSPS) is 16.1. The minimum absolute atomic E-state index is 0.525. The zero-order chi connectivity index (χ0) is 14.8. The molecule has 4 nitrogen and oxygen atoms in total. The third kappa shape index (κ3) is 2.64. The summed E-state index contributed by atoms with van der Waals surface area (Å²) < 4.78 is 5.39. The molecule has 1 aliphatic rings. The van der Waals surface area contributed by atoms with Crippen LogP contribution < -0.4 is 10.2 Å². The molecule has 0 radical (unpaired) electrons. The Morgan fingerprint density at radius 3 is 2.86 bits per heavy atom. The standard InChI is InChI=1S/C18H19N3O/c1-2-17(13-19-8-1)21-9-5-15(6-10-21)20-16-3-4-18-14(12-16)7-11-22-18/h1-4,7-8,11-13,15,20H,5-6,9-10H2. The first kappa shape index (κ1) is 13.2. The number of hydrogen-bond donors (Lipinski definition) is 1. The molecule has 0 bridgehead atoms. The number of hydrogen-bond acceptors (Lipinski definition) is 4. The Kier molecular flexibility index (Phi) is 3.43. The molecule has 3 heterocycles. The van der Waals surface area contributed by atoms with Gasteiger partial charge in [0.15, 0.2) is 0 Å². The number of nitrogens with one attached hydrogen (secondary N) is 1. The van der Waals surface area contributed by atoms with Crippen LogP contribution in [0.2, 0.25) is 0 Å². The maximum Gasteiger partial charge on any atom is 0.133 e. The molecule has 1 aliphatic heterocycles. The molecule has 4 rings (SSSR count). The number of pyridine rings is 1. The molecule has 3 aromatic rings. The van der Waals surface area contributed by atoms with Gasteiger partial charge >= 0.3 is 0 Å². The molecule has 112 valence electrons. The molecule has 1 aromatic carbocycles. The van der Waals surface area contributed by atoms with Gasteiger partial charge in [-0.05, 0) is 49.2 Å². The van der Waals surface area contributed by atoms with Crippen LogP contribution in [0.15, 0.2) is 59.5 Å². The van der Waals surface area contributed by atoms with Crippen molar-refractivity contribution in [2.45, 2.75) is 18.9 Å². The summed E-state index contributed by atoms with van der Waals surface area (Å²) in [4.78, 5) is 6.61. The maximum atomic E-state index is 5.39. The summed E-state index contributed by atoms with van der Waals surface area (Å²) in [7, 11) is 0. The number of rotatable bonds is 3. The molecule has 0 amide bonds. The molecule has 0 spiro atoms. The van der Waals surface area contributed by atoms with Crippen molar-refractivity contribution < 1.29 is 4.42 Å². The van der Waals surface area contributed by atoms with Crippen LogP contribution in [0.3, 0.4) is 0 Å². The van der Waals surface area contributed by atoms with Crippen LogP contribution in [0.5, 0.6) is 0 Å². The van der Waals surface area contributed by atoms with Crippen LogP contribution in [0.4, 0.5) is 11.4 Å². The lowest BCUT2D eigenvalue weighted by Gasteiger charge is -2.34. The molecule has 4 heteroatoms. The van der Waals surface area contributed by atoms with E-state index in [1.807, 2.05) is 30.6 Å². The summed E-state index contributed by atoms with van der Waals surface area (Å²) in [6.45, 7) is 2.13. The van der Waals surface area contributed by atoms with Gasteiger partial charge in [0.05, 0.1) is 18.1 Å². The Balaban J connectivity index is 1.39. The van der Waals surface area contributed by atoms with E-state index in [9.17, 15) is 0 Å². The van der Waals surface area contributed by atoms with Crippen molar-refractivity contribution >= 4 is 22.3 Å². The fourth-order valence-corrected chi connectivity index (χ4v) is 3.11. The Hall–Kier alpha value is -2.49. The monoisotopic (exact) mass is 293 g/mol. The van der Waals surface area contributed by atoms with E-state index in [0.717, 1.165) is 36.9 Å². The van der Waals surface area contributed by atoms with Gasteiger partial charge in [0.2, 0.25) is 0 Å². The van der Waals surface area contributed by atoms with Crippen molar-refractivity contribution in [3.63, 3.8) is 0 Å². The van der Waals surface area contributed by atoms with Crippen molar-refractivity contribution in [3.8, 4) is 0 Å². The fourth-order valence-electron chi connectivity index (χ4n) is 3.11. The van der Waals surface area contributed by atoms with E-state index in [0.29, 0.717) is 6.04 Å². The summed E-state index contributed by atoms with van der Waals surface area (Å²) in [5.41, 5.74) is 3.34. The third-order valence-corrected chi connectivity index (χ3v) is 4.33. The molecular formula is C18H19N3O. The van der Waals surface area contributed by atoms with Crippen molar-refractivity contribution in [1.29, 1.82) is 0 Å². The number of aromatic nitrogens is 1. The molecule has 1 fully saturated rings. The Labute approximate surface area is 129 Å². The van der Waals surface area contributed by atoms with Crippen LogP contribution in [0.25, 0.3) is 11.0 Å². The lowest BCUT2D eigenvalue weighted by molar-refractivity contribution is 0.526. The van der Waals surface area contributed by atoms with Gasteiger partial charge in [0.1, 0.15) is 5.58 Å². The first-order valence-electron chi connectivity index (χ1n) is 7.77. The molecular weight excluding hydrogens is 274 g/mol. The highest BCUT2D eigenvalue weighted by Gasteiger charge is 2.19. The van der Waals surface area contributed by atoms with Crippen LogP contribution in [0.1, 0.15) is 12.8 Å². The second-order valence-corrected chi connectivity index (χ2v) is 5.79. The van der Waals surface area contributed by atoms with Gasteiger partial charge in [-0.15, -0.1) is 0 Å². The highest BCUT2D eigenvalue weighted by molar-refractivity contribution is 5.81. The smallest absolute Gasteiger partial charge is 0.133 e. The zero-order valence-corrected chi connectivity index (χ0v) is 12.4. The first-order chi connectivity index (χ1) is 10.9. The van der Waals surface area contributed by atoms with E-state index in [4.69, 9.17) is 4.42 Å². The van der Waals surface area contributed by atoms with Gasteiger partial charge in [-0.2, -0.15) is 0 Å². The molecule has 0 aliphatic carbocycles. The fraction of sp³-hybridized carbons (Fsp3) is 0.278. The molecule has 2 aromatic heterocycles. The van der Waals surface area contributed by atoms with E-state index in [-0.39, 0.29) is 0 Å². The molecule has 22 heavy (non-hydrogen) atoms. The number of nitrogens with zero attached hydrogens (tertiary/aromatic N) is 2. The SMILES string of the molecule is c1cncc(N2CCC(Nc3ccc4occc4c3)CC2)c1. The van der Waals surface area contributed by atoms with E-state index in [2.05, 4.69) is 33.4 Å². The second kappa shape index (κ2) is 5.72. The lowest BCUT2D eigenvalue weighted by atomic mass is 10.0. The topological polar surface area (TPSA) is 41.3 Å². The molecule has 1 saturated heterocycles. The summed E-state index contributed by atoms with van der Waals surface area (Å²) in [6, 6.07) is 12.9. The number of furan rings is 1. The van der Waals surface area contributed by atoms with Crippen molar-refractivity contribution in [1.82, 2.24) is 4.98 Å². The van der Waals surface area contributed by atoms with E-state index >= 15 is 0 Å². The van der Waals surface area contributed by atoms with Crippen LogP contribution in [-0.2, 0) is 0 Å². The average molecular weight is 293 g/mol. The molecule has 0 unspecified atom stereocenters. The van der Waals surface area contributed by atoms with Crippen LogP contribution in [0, 0.1) is 0 Å². The van der Waals surface area contributed by atoms with Gasteiger partial charge < -0.3 is 14.6 Å². The minimum atomic E-state index is 0.525. The number of anilines is 2. The van der Waals surface area contributed by atoms with Gasteiger partial charge in [0.25, 0.3) is 0 Å². The van der Waals surface area contributed by atoms with E-state index in [1.165, 1.54) is 11.4 Å². The van der Waals surface area contributed by atoms with Crippen molar-refractivity contribution in [2.75, 3.05) is 23.3 Å². The van der Waals surface area contributed by atoms with Gasteiger partial charge in [-0.1, -0.05) is 0 Å². The second-order valence-electron chi connectivity index (χ2n) is 5.79. The minimum Gasteiger partial charge on any atom is -0.464 e. The largest absolute Gasteiger partial charge is 0.464 e. The highest BCUT2D eigenvalue weighted by Crippen LogP contribution is 2.24. The number of fused-ring (bicyclic) bond motifs is 1. The van der Waals surface area contributed by atoms with Gasteiger partial charge in [-0.3, -0.25) is 4.98 Å². The maximum absolute atomic E-state index is 5.39. The summed E-state index contributed by atoms with van der Waals surface area (Å²) >= 11 is 0. The van der Waals surface area contributed by atoms with Crippen LogP contribution >= 0.6 is 0 Å². The summed E-state index contributed by atoms with van der Waals surface area (Å²) in [5, 5.41) is 4.80. The molecule has 1 N–H and O–H groups in total. The van der Waals surface area contributed by atoms with Gasteiger partial charge in [0, 0.05) is 36.4 Å². The highest BCUT2D eigenvalue weighted by atomic mass is 16.3. The Morgan fingerprint density at radius 2 is 2.05 bits per heavy atom. The summed E-state index contributed by atoms with van der Waals surface area (Å²) in [5.74, 6) is 0. The molecule has 0 atom stereocenters. The van der Waals surface area contributed by atoms with E-state index < -0.39 is 0 Å². The predicted molar refractivity (Wildman–Crippen MR) is 89.3 cm³/mol. The molecule has 0 saturated carbocycles. The van der Waals surface area contributed by atoms with Crippen molar-refractivity contribution in [3.05, 3.63) is 55.1 Å². The number of piperidine rings is 1.